The monoisotopic (exact) mass is 317 g/mol. The van der Waals surface area contributed by atoms with E-state index in [1.807, 2.05) is 0 Å². The molecule has 0 saturated heterocycles. The molecule has 1 aromatic carbocycles. The highest BCUT2D eigenvalue weighted by molar-refractivity contribution is 6.31. The summed E-state index contributed by atoms with van der Waals surface area (Å²) >= 11 is 5.72. The van der Waals surface area contributed by atoms with Crippen LogP contribution in [0.2, 0.25) is 5.02 Å². The van der Waals surface area contributed by atoms with Crippen LogP contribution in [0.5, 0.6) is 0 Å². The quantitative estimate of drug-likeness (QED) is 0.589. The van der Waals surface area contributed by atoms with E-state index in [0.29, 0.717) is 6.42 Å². The number of aliphatic hydroxyl groups is 1. The largest absolute Gasteiger partial charge is 0.392 e. The number of hydrogen-bond donors (Lipinski definition) is 2. The molecule has 9 heteroatoms. The summed E-state index contributed by atoms with van der Waals surface area (Å²) in [6.07, 6.45) is -0.291. The summed E-state index contributed by atoms with van der Waals surface area (Å²) in [5.41, 5.74) is -0.837. The number of halogens is 1. The first-order valence-electron chi connectivity index (χ1n) is 6.31. The number of aliphatic hydroxyl groups excluding tert-OH is 1. The lowest BCUT2D eigenvalue weighted by Gasteiger charge is -2.18. The van der Waals surface area contributed by atoms with Crippen LogP contribution in [-0.4, -0.2) is 27.6 Å². The Morgan fingerprint density at radius 1 is 1.29 bits per heavy atom. The molecule has 0 spiro atoms. The van der Waals surface area contributed by atoms with Crippen molar-refractivity contribution < 1.29 is 15.0 Å². The minimum Gasteiger partial charge on any atom is -0.392 e. The van der Waals surface area contributed by atoms with Crippen LogP contribution in [0.3, 0.4) is 0 Å². The van der Waals surface area contributed by atoms with Crippen molar-refractivity contribution in [2.75, 3.05) is 6.54 Å². The minimum atomic E-state index is -0.694. The first-order chi connectivity index (χ1) is 9.77. The predicted molar refractivity (Wildman–Crippen MR) is 77.5 cm³/mol. The molecule has 116 valence electrons. The summed E-state index contributed by atoms with van der Waals surface area (Å²) in [6, 6.07) is 1.56. The van der Waals surface area contributed by atoms with Crippen LogP contribution in [0.25, 0.3) is 0 Å². The maximum absolute atomic E-state index is 11.2. The molecule has 1 rings (SSSR count). The molecule has 2 N–H and O–H groups in total. The second kappa shape index (κ2) is 7.30. The molecule has 0 radical (unpaired) electrons. The topological polar surface area (TPSA) is 119 Å². The van der Waals surface area contributed by atoms with Crippen LogP contribution >= 0.6 is 11.6 Å². The van der Waals surface area contributed by atoms with E-state index in [1.165, 1.54) is 0 Å². The smallest absolute Gasteiger partial charge is 0.282 e. The third kappa shape index (κ3) is 4.35. The van der Waals surface area contributed by atoms with Gasteiger partial charge in [0, 0.05) is 24.7 Å². The molecule has 8 nitrogen and oxygen atoms in total. The van der Waals surface area contributed by atoms with E-state index in [0.717, 1.165) is 12.1 Å². The summed E-state index contributed by atoms with van der Waals surface area (Å²) in [7, 11) is 0. The van der Waals surface area contributed by atoms with Crippen molar-refractivity contribution in [1.29, 1.82) is 0 Å². The van der Waals surface area contributed by atoms with E-state index in [1.54, 1.807) is 13.8 Å². The molecular weight excluding hydrogens is 302 g/mol. The maximum Gasteiger partial charge on any atom is 0.282 e. The average molecular weight is 318 g/mol. The highest BCUT2D eigenvalue weighted by atomic mass is 35.5. The SMILES string of the molecule is CCC(NCC(C)O)c1c([N+](=O)[O-])cc(Cl)cc1[N+](=O)[O-]. The third-order valence-corrected chi connectivity index (χ3v) is 3.13. The van der Waals surface area contributed by atoms with Crippen molar-refractivity contribution in [1.82, 2.24) is 5.32 Å². The van der Waals surface area contributed by atoms with Crippen molar-refractivity contribution in [3.8, 4) is 0 Å². The normalized spacial score (nSPS) is 13.7. The fourth-order valence-corrected chi connectivity index (χ4v) is 2.22. The molecule has 0 aliphatic carbocycles. The van der Waals surface area contributed by atoms with Crippen molar-refractivity contribution in [2.24, 2.45) is 0 Å². The van der Waals surface area contributed by atoms with Gasteiger partial charge in [-0.25, -0.2) is 0 Å². The molecule has 0 aliphatic heterocycles. The standard InChI is InChI=1S/C12H16ClN3O5/c1-3-9(14-6-7(2)17)12-10(15(18)19)4-8(13)5-11(12)16(20)21/h4-5,7,9,14,17H,3,6H2,1-2H3. The summed E-state index contributed by atoms with van der Waals surface area (Å²) in [5, 5.41) is 34.4. The van der Waals surface area contributed by atoms with Gasteiger partial charge >= 0.3 is 0 Å². The Balaban J connectivity index is 3.40. The lowest BCUT2D eigenvalue weighted by Crippen LogP contribution is -2.29. The Morgan fingerprint density at radius 2 is 1.76 bits per heavy atom. The Morgan fingerprint density at radius 3 is 2.10 bits per heavy atom. The first kappa shape index (κ1) is 17.3. The predicted octanol–water partition coefficient (Wildman–Crippen LogP) is 2.58. The minimum absolute atomic E-state index is 0.0300. The molecule has 0 saturated carbocycles. The molecule has 0 fully saturated rings. The van der Waals surface area contributed by atoms with Crippen LogP contribution in [0, 0.1) is 20.2 Å². The van der Waals surface area contributed by atoms with Gasteiger partial charge in [0.2, 0.25) is 0 Å². The van der Waals surface area contributed by atoms with E-state index in [-0.39, 0.29) is 17.1 Å². The van der Waals surface area contributed by atoms with Crippen LogP contribution in [0.1, 0.15) is 31.9 Å². The molecule has 1 aromatic rings. The molecular formula is C12H16ClN3O5. The van der Waals surface area contributed by atoms with Crippen LogP contribution in [-0.2, 0) is 0 Å². The third-order valence-electron chi connectivity index (χ3n) is 2.91. The van der Waals surface area contributed by atoms with Gasteiger partial charge in [0.15, 0.2) is 0 Å². The van der Waals surface area contributed by atoms with Crippen LogP contribution < -0.4 is 5.32 Å². The van der Waals surface area contributed by atoms with E-state index >= 15 is 0 Å². The molecule has 0 bridgehead atoms. The Bertz CT molecular complexity index is 515. The van der Waals surface area contributed by atoms with Gasteiger partial charge in [-0.05, 0) is 13.3 Å². The highest BCUT2D eigenvalue weighted by Gasteiger charge is 2.31. The molecule has 0 aromatic heterocycles. The van der Waals surface area contributed by atoms with Crippen LogP contribution in [0.15, 0.2) is 12.1 Å². The average Bonchev–Trinajstić information content (AvgIpc) is 2.39. The number of nitro groups is 2. The van der Waals surface area contributed by atoms with E-state index < -0.39 is 33.4 Å². The Kier molecular flexibility index (Phi) is 6.01. The van der Waals surface area contributed by atoms with Crippen molar-refractivity contribution in [3.63, 3.8) is 0 Å². The lowest BCUT2D eigenvalue weighted by molar-refractivity contribution is -0.395. The number of hydrogen-bond acceptors (Lipinski definition) is 6. The Labute approximate surface area is 126 Å². The van der Waals surface area contributed by atoms with E-state index in [9.17, 15) is 25.3 Å². The van der Waals surface area contributed by atoms with E-state index in [2.05, 4.69) is 5.32 Å². The Hall–Kier alpha value is -1.77. The molecule has 0 aliphatic rings. The molecule has 0 heterocycles. The fourth-order valence-electron chi connectivity index (χ4n) is 2.01. The summed E-state index contributed by atoms with van der Waals surface area (Å²) in [4.78, 5) is 20.9. The maximum atomic E-state index is 11.2. The number of benzene rings is 1. The number of rotatable bonds is 7. The molecule has 2 unspecified atom stereocenters. The summed E-state index contributed by atoms with van der Waals surface area (Å²) in [6.45, 7) is 3.45. The van der Waals surface area contributed by atoms with Gasteiger partial charge in [0.25, 0.3) is 11.4 Å². The summed E-state index contributed by atoms with van der Waals surface area (Å²) in [5.74, 6) is 0. The fraction of sp³-hybridized carbons (Fsp3) is 0.500. The number of nitrogens with zero attached hydrogens (tertiary/aromatic N) is 2. The van der Waals surface area contributed by atoms with Gasteiger partial charge < -0.3 is 10.4 Å². The zero-order valence-corrected chi connectivity index (χ0v) is 12.3. The van der Waals surface area contributed by atoms with Crippen molar-refractivity contribution >= 4 is 23.0 Å². The van der Waals surface area contributed by atoms with Gasteiger partial charge in [-0.2, -0.15) is 0 Å². The second-order valence-corrected chi connectivity index (χ2v) is 5.03. The van der Waals surface area contributed by atoms with Gasteiger partial charge in [0.1, 0.15) is 5.56 Å². The van der Waals surface area contributed by atoms with Gasteiger partial charge in [0.05, 0.1) is 21.0 Å². The van der Waals surface area contributed by atoms with Crippen LogP contribution in [0.4, 0.5) is 11.4 Å². The van der Waals surface area contributed by atoms with Gasteiger partial charge in [-0.1, -0.05) is 18.5 Å². The number of nitro benzene ring substituents is 2. The van der Waals surface area contributed by atoms with Gasteiger partial charge in [-0.15, -0.1) is 0 Å². The zero-order valence-electron chi connectivity index (χ0n) is 11.6. The molecule has 0 amide bonds. The zero-order chi connectivity index (χ0) is 16.2. The van der Waals surface area contributed by atoms with Crippen molar-refractivity contribution in [2.45, 2.75) is 32.4 Å². The first-order valence-corrected chi connectivity index (χ1v) is 6.69. The second-order valence-electron chi connectivity index (χ2n) is 4.59. The van der Waals surface area contributed by atoms with E-state index in [4.69, 9.17) is 11.6 Å². The van der Waals surface area contributed by atoms with Gasteiger partial charge in [-0.3, -0.25) is 20.2 Å². The lowest BCUT2D eigenvalue weighted by atomic mass is 10.00. The van der Waals surface area contributed by atoms with Crippen molar-refractivity contribution in [3.05, 3.63) is 42.9 Å². The number of nitrogens with one attached hydrogen (secondary N) is 1. The summed E-state index contributed by atoms with van der Waals surface area (Å²) < 4.78 is 0. The molecule has 21 heavy (non-hydrogen) atoms. The highest BCUT2D eigenvalue weighted by Crippen LogP contribution is 2.38. The molecule has 2 atom stereocenters.